The van der Waals surface area contributed by atoms with E-state index >= 15 is 0 Å². The van der Waals surface area contributed by atoms with Gasteiger partial charge in [-0.3, -0.25) is 9.59 Å². The van der Waals surface area contributed by atoms with Crippen molar-refractivity contribution in [2.75, 3.05) is 18.4 Å². The highest BCUT2D eigenvalue weighted by Crippen LogP contribution is 2.21. The van der Waals surface area contributed by atoms with Crippen LogP contribution in [0.3, 0.4) is 0 Å². The molecule has 1 aliphatic heterocycles. The SMILES string of the molecule is NS(=O)(=O)c1ccc(NC(=O)C2CCN(C(=O)CCc3nc4ccccc4[nH]3)CC2)cc1. The molecule has 32 heavy (non-hydrogen) atoms. The van der Waals surface area contributed by atoms with Crippen molar-refractivity contribution in [3.05, 3.63) is 54.4 Å². The van der Waals surface area contributed by atoms with Gasteiger partial charge in [0.2, 0.25) is 21.8 Å². The van der Waals surface area contributed by atoms with Crippen LogP contribution in [0.4, 0.5) is 5.69 Å². The van der Waals surface area contributed by atoms with Crippen LogP contribution in [-0.2, 0) is 26.0 Å². The molecule has 1 fully saturated rings. The van der Waals surface area contributed by atoms with Crippen molar-refractivity contribution in [2.24, 2.45) is 11.1 Å². The molecule has 0 bridgehead atoms. The van der Waals surface area contributed by atoms with Crippen LogP contribution >= 0.6 is 0 Å². The molecule has 4 N–H and O–H groups in total. The predicted octanol–water partition coefficient (Wildman–Crippen LogP) is 2.02. The van der Waals surface area contributed by atoms with Gasteiger partial charge in [0.15, 0.2) is 0 Å². The van der Waals surface area contributed by atoms with Crippen LogP contribution in [0.5, 0.6) is 0 Å². The quantitative estimate of drug-likeness (QED) is 0.522. The summed E-state index contributed by atoms with van der Waals surface area (Å²) in [4.78, 5) is 34.7. The number of piperidine rings is 1. The number of carbonyl (C=O) groups is 2. The van der Waals surface area contributed by atoms with Gasteiger partial charge >= 0.3 is 0 Å². The van der Waals surface area contributed by atoms with Crippen molar-refractivity contribution in [3.8, 4) is 0 Å². The van der Waals surface area contributed by atoms with Gasteiger partial charge in [-0.15, -0.1) is 0 Å². The summed E-state index contributed by atoms with van der Waals surface area (Å²) in [6, 6.07) is 13.5. The van der Waals surface area contributed by atoms with Gasteiger partial charge in [-0.25, -0.2) is 18.5 Å². The van der Waals surface area contributed by atoms with Crippen LogP contribution in [0, 0.1) is 5.92 Å². The number of imidazole rings is 1. The van der Waals surface area contributed by atoms with Crippen LogP contribution in [0.15, 0.2) is 53.4 Å². The zero-order valence-electron chi connectivity index (χ0n) is 17.5. The minimum absolute atomic E-state index is 0.00929. The summed E-state index contributed by atoms with van der Waals surface area (Å²) in [5, 5.41) is 7.89. The Bertz CT molecular complexity index is 1200. The van der Waals surface area contributed by atoms with E-state index in [0.717, 1.165) is 16.9 Å². The van der Waals surface area contributed by atoms with Crippen molar-refractivity contribution in [1.29, 1.82) is 0 Å². The Kier molecular flexibility index (Phi) is 6.24. The minimum Gasteiger partial charge on any atom is -0.343 e. The van der Waals surface area contributed by atoms with E-state index in [1.807, 2.05) is 24.3 Å². The normalized spacial score (nSPS) is 15.1. The van der Waals surface area contributed by atoms with Gasteiger partial charge < -0.3 is 15.2 Å². The summed E-state index contributed by atoms with van der Waals surface area (Å²) in [6.07, 6.45) is 2.07. The van der Waals surface area contributed by atoms with Gasteiger partial charge in [0.1, 0.15) is 5.82 Å². The second-order valence-corrected chi connectivity index (χ2v) is 9.48. The van der Waals surface area contributed by atoms with Gasteiger partial charge in [0.25, 0.3) is 0 Å². The van der Waals surface area contributed by atoms with E-state index < -0.39 is 10.0 Å². The number of fused-ring (bicyclic) bond motifs is 1. The number of anilines is 1. The first-order valence-corrected chi connectivity index (χ1v) is 12.0. The topological polar surface area (TPSA) is 138 Å². The number of aromatic nitrogens is 2. The van der Waals surface area contributed by atoms with Gasteiger partial charge in [-0.2, -0.15) is 0 Å². The summed E-state index contributed by atoms with van der Waals surface area (Å²) in [5.41, 5.74) is 2.36. The number of nitrogens with two attached hydrogens (primary N) is 1. The number of nitrogens with one attached hydrogen (secondary N) is 2. The average molecular weight is 456 g/mol. The third-order valence-electron chi connectivity index (χ3n) is 5.68. The van der Waals surface area contributed by atoms with Gasteiger partial charge in [-0.1, -0.05) is 12.1 Å². The Balaban J connectivity index is 1.25. The Morgan fingerprint density at radius 2 is 1.78 bits per heavy atom. The maximum absolute atomic E-state index is 12.6. The van der Waals surface area contributed by atoms with Crippen LogP contribution < -0.4 is 10.5 Å². The number of carbonyl (C=O) groups excluding carboxylic acids is 2. The first-order valence-electron chi connectivity index (χ1n) is 10.4. The molecule has 2 aromatic carbocycles. The molecular formula is C22H25N5O4S. The number of hydrogen-bond acceptors (Lipinski definition) is 5. The number of rotatable bonds is 6. The standard InChI is InChI=1S/C22H25N5O4S/c23-32(30,31)17-7-5-16(6-8-17)24-22(29)15-11-13-27(14-12-15)21(28)10-9-20-25-18-3-1-2-4-19(18)26-20/h1-8,15H,9-14H2,(H,24,29)(H,25,26)(H2,23,30,31). The van der Waals surface area contributed by atoms with Crippen molar-refractivity contribution in [3.63, 3.8) is 0 Å². The van der Waals surface area contributed by atoms with E-state index in [1.54, 1.807) is 4.90 Å². The van der Waals surface area contributed by atoms with Crippen molar-refractivity contribution in [1.82, 2.24) is 14.9 Å². The molecule has 1 saturated heterocycles. The number of benzene rings is 2. The number of para-hydroxylation sites is 2. The van der Waals surface area contributed by atoms with Crippen LogP contribution in [-0.4, -0.2) is 48.2 Å². The number of hydrogen-bond donors (Lipinski definition) is 3. The molecule has 168 valence electrons. The fourth-order valence-corrected chi connectivity index (χ4v) is 4.39. The van der Waals surface area contributed by atoms with Crippen molar-refractivity contribution in [2.45, 2.75) is 30.6 Å². The lowest BCUT2D eigenvalue weighted by molar-refractivity contribution is -0.134. The summed E-state index contributed by atoms with van der Waals surface area (Å²) in [5.74, 6) is 0.514. The summed E-state index contributed by atoms with van der Waals surface area (Å²) in [6.45, 7) is 1.06. The maximum atomic E-state index is 12.6. The molecule has 0 radical (unpaired) electrons. The van der Waals surface area contributed by atoms with Crippen LogP contribution in [0.25, 0.3) is 11.0 Å². The zero-order valence-corrected chi connectivity index (χ0v) is 18.3. The van der Waals surface area contributed by atoms with E-state index in [0.29, 0.717) is 44.5 Å². The van der Waals surface area contributed by atoms with E-state index in [-0.39, 0.29) is 22.6 Å². The first kappa shape index (κ1) is 22.0. The number of nitrogens with zero attached hydrogens (tertiary/aromatic N) is 2. The molecule has 0 aliphatic carbocycles. The van der Waals surface area contributed by atoms with Crippen molar-refractivity contribution >= 4 is 38.6 Å². The molecule has 4 rings (SSSR count). The summed E-state index contributed by atoms with van der Waals surface area (Å²) >= 11 is 0. The summed E-state index contributed by atoms with van der Waals surface area (Å²) in [7, 11) is -3.77. The molecule has 2 heterocycles. The fraction of sp³-hybridized carbons (Fsp3) is 0.318. The largest absolute Gasteiger partial charge is 0.343 e. The monoisotopic (exact) mass is 455 g/mol. The second-order valence-electron chi connectivity index (χ2n) is 7.91. The zero-order chi connectivity index (χ0) is 22.7. The molecule has 2 amide bonds. The molecule has 10 heteroatoms. The third kappa shape index (κ3) is 5.14. The highest BCUT2D eigenvalue weighted by molar-refractivity contribution is 7.89. The molecule has 3 aromatic rings. The molecule has 0 spiro atoms. The van der Waals surface area contributed by atoms with Gasteiger partial charge in [0.05, 0.1) is 15.9 Å². The first-order chi connectivity index (χ1) is 15.3. The fourth-order valence-electron chi connectivity index (χ4n) is 3.87. The number of amides is 2. The Hall–Kier alpha value is -3.24. The molecule has 1 aromatic heterocycles. The van der Waals surface area contributed by atoms with E-state index in [1.165, 1.54) is 24.3 Å². The van der Waals surface area contributed by atoms with E-state index in [9.17, 15) is 18.0 Å². The number of H-pyrrole nitrogens is 1. The Labute approximate surface area is 186 Å². The molecular weight excluding hydrogens is 430 g/mol. The van der Waals surface area contributed by atoms with Crippen LogP contribution in [0.1, 0.15) is 25.1 Å². The lowest BCUT2D eigenvalue weighted by Crippen LogP contribution is -2.41. The Morgan fingerprint density at radius 1 is 1.09 bits per heavy atom. The Morgan fingerprint density at radius 3 is 2.44 bits per heavy atom. The van der Waals surface area contributed by atoms with E-state index in [4.69, 9.17) is 5.14 Å². The highest BCUT2D eigenvalue weighted by atomic mass is 32.2. The lowest BCUT2D eigenvalue weighted by atomic mass is 9.95. The molecule has 9 nitrogen and oxygen atoms in total. The predicted molar refractivity (Wildman–Crippen MR) is 120 cm³/mol. The summed E-state index contributed by atoms with van der Waals surface area (Å²) < 4.78 is 22.6. The molecule has 0 atom stereocenters. The number of aryl methyl sites for hydroxylation is 1. The number of aromatic amines is 1. The number of sulfonamides is 1. The molecule has 1 aliphatic rings. The highest BCUT2D eigenvalue weighted by Gasteiger charge is 2.27. The number of primary sulfonamides is 1. The molecule has 0 unspecified atom stereocenters. The smallest absolute Gasteiger partial charge is 0.238 e. The average Bonchev–Trinajstić information content (AvgIpc) is 3.20. The minimum atomic E-state index is -3.77. The molecule has 0 saturated carbocycles. The van der Waals surface area contributed by atoms with Crippen molar-refractivity contribution < 1.29 is 18.0 Å². The van der Waals surface area contributed by atoms with Gasteiger partial charge in [0, 0.05) is 37.5 Å². The van der Waals surface area contributed by atoms with Crippen LogP contribution in [0.2, 0.25) is 0 Å². The second kappa shape index (κ2) is 9.09. The maximum Gasteiger partial charge on any atom is 0.238 e. The number of likely N-dealkylation sites (tertiary alicyclic amines) is 1. The van der Waals surface area contributed by atoms with E-state index in [2.05, 4.69) is 15.3 Å². The third-order valence-corrected chi connectivity index (χ3v) is 6.61. The lowest BCUT2D eigenvalue weighted by Gasteiger charge is -2.31. The van der Waals surface area contributed by atoms with Gasteiger partial charge in [-0.05, 0) is 49.2 Å².